The highest BCUT2D eigenvalue weighted by atomic mass is 35.5. The second kappa shape index (κ2) is 14.9. The maximum atomic E-state index is 13.6. The van der Waals surface area contributed by atoms with E-state index in [4.69, 9.17) is 21.4 Å². The Morgan fingerprint density at radius 3 is 2.14 bits per heavy atom. The van der Waals surface area contributed by atoms with Gasteiger partial charge in [-0.1, -0.05) is 90.5 Å². The standard InChI is InChI=1S/C34H34ClF3N2O3/c1-39(24-32(41)42)28-16-9-17-29(21-28)43-20-10-19-40(22-27-15-8-18-31(33(27)35)34(36,37)38)23-30(25-11-4-2-5-12-25)26-13-6-3-7-14-26/h2-9,11-18,21,30H,10,19-20,22-24H2,1H3,(H,41,42). The maximum Gasteiger partial charge on any atom is 0.417 e. The summed E-state index contributed by atoms with van der Waals surface area (Å²) in [6.07, 6.45) is -3.95. The highest BCUT2D eigenvalue weighted by Crippen LogP contribution is 2.37. The van der Waals surface area contributed by atoms with Gasteiger partial charge in [-0.15, -0.1) is 0 Å². The molecule has 4 rings (SSSR count). The first-order chi connectivity index (χ1) is 20.6. The van der Waals surface area contributed by atoms with Crippen molar-refractivity contribution in [3.63, 3.8) is 0 Å². The smallest absolute Gasteiger partial charge is 0.417 e. The van der Waals surface area contributed by atoms with Crippen molar-refractivity contribution in [2.75, 3.05) is 38.2 Å². The monoisotopic (exact) mass is 610 g/mol. The number of ether oxygens (including phenoxy) is 1. The lowest BCUT2D eigenvalue weighted by Crippen LogP contribution is -2.31. The van der Waals surface area contributed by atoms with Crippen LogP contribution in [0.25, 0.3) is 0 Å². The Hall–Kier alpha value is -4.01. The minimum atomic E-state index is -4.55. The highest BCUT2D eigenvalue weighted by molar-refractivity contribution is 6.32. The van der Waals surface area contributed by atoms with Crippen LogP contribution in [0.15, 0.2) is 103 Å². The largest absolute Gasteiger partial charge is 0.493 e. The molecule has 43 heavy (non-hydrogen) atoms. The Balaban J connectivity index is 1.53. The van der Waals surface area contributed by atoms with E-state index in [2.05, 4.69) is 29.2 Å². The SMILES string of the molecule is CN(CC(=O)O)c1cccc(OCCCN(Cc2cccc(C(F)(F)F)c2Cl)CC(c2ccccc2)c2ccccc2)c1. The lowest BCUT2D eigenvalue weighted by Gasteiger charge is -2.29. The molecule has 0 saturated heterocycles. The third kappa shape index (κ3) is 9.24. The Kier molecular flexibility index (Phi) is 11.1. The first-order valence-corrected chi connectivity index (χ1v) is 14.3. The lowest BCUT2D eigenvalue weighted by molar-refractivity contribution is -0.137. The van der Waals surface area contributed by atoms with Gasteiger partial charge in [0.05, 0.1) is 17.2 Å². The average molecular weight is 611 g/mol. The predicted molar refractivity (Wildman–Crippen MR) is 164 cm³/mol. The number of anilines is 1. The number of carbonyl (C=O) groups is 1. The zero-order valence-electron chi connectivity index (χ0n) is 23.8. The highest BCUT2D eigenvalue weighted by Gasteiger charge is 2.34. The molecule has 0 aliphatic heterocycles. The van der Waals surface area contributed by atoms with Gasteiger partial charge >= 0.3 is 12.1 Å². The van der Waals surface area contributed by atoms with Crippen molar-refractivity contribution >= 4 is 23.3 Å². The summed E-state index contributed by atoms with van der Waals surface area (Å²) in [5, 5.41) is 8.80. The number of benzene rings is 4. The second-order valence-corrected chi connectivity index (χ2v) is 10.7. The molecule has 0 heterocycles. The van der Waals surface area contributed by atoms with E-state index in [0.717, 1.165) is 17.2 Å². The van der Waals surface area contributed by atoms with Crippen LogP contribution in [0.3, 0.4) is 0 Å². The molecule has 1 N–H and O–H groups in total. The van der Waals surface area contributed by atoms with Gasteiger partial charge in [0.25, 0.3) is 0 Å². The third-order valence-electron chi connectivity index (χ3n) is 7.14. The van der Waals surface area contributed by atoms with Crippen molar-refractivity contribution in [1.82, 2.24) is 4.90 Å². The van der Waals surface area contributed by atoms with E-state index in [-0.39, 0.29) is 24.0 Å². The van der Waals surface area contributed by atoms with Gasteiger partial charge in [-0.2, -0.15) is 13.2 Å². The summed E-state index contributed by atoms with van der Waals surface area (Å²) in [7, 11) is 1.69. The van der Waals surface area contributed by atoms with Crippen molar-refractivity contribution in [1.29, 1.82) is 0 Å². The number of rotatable bonds is 14. The Morgan fingerprint density at radius 1 is 0.907 bits per heavy atom. The van der Waals surface area contributed by atoms with Gasteiger partial charge in [0.1, 0.15) is 12.3 Å². The molecule has 0 spiro atoms. The van der Waals surface area contributed by atoms with Crippen molar-refractivity contribution in [3.05, 3.63) is 130 Å². The molecule has 0 aliphatic rings. The number of carboxylic acid groups (broad SMARTS) is 1. The number of halogens is 4. The number of hydrogen-bond acceptors (Lipinski definition) is 4. The van der Waals surface area contributed by atoms with Gasteiger partial charge < -0.3 is 14.7 Å². The quantitative estimate of drug-likeness (QED) is 0.147. The molecule has 4 aromatic carbocycles. The van der Waals surface area contributed by atoms with E-state index in [1.54, 1.807) is 36.2 Å². The van der Waals surface area contributed by atoms with Crippen molar-refractivity contribution in [2.24, 2.45) is 0 Å². The molecular weight excluding hydrogens is 577 g/mol. The second-order valence-electron chi connectivity index (χ2n) is 10.3. The zero-order valence-corrected chi connectivity index (χ0v) is 24.6. The molecule has 0 amide bonds. The van der Waals surface area contributed by atoms with Crippen LogP contribution in [0, 0.1) is 0 Å². The lowest BCUT2D eigenvalue weighted by atomic mass is 9.90. The summed E-state index contributed by atoms with van der Waals surface area (Å²) in [6.45, 7) is 1.55. The number of alkyl halides is 3. The van der Waals surface area contributed by atoms with Crippen LogP contribution in [0.1, 0.15) is 34.6 Å². The summed E-state index contributed by atoms with van der Waals surface area (Å²) < 4.78 is 46.9. The van der Waals surface area contributed by atoms with Crippen molar-refractivity contribution in [3.8, 4) is 5.75 Å². The fraction of sp³-hybridized carbons (Fsp3) is 0.265. The van der Waals surface area contributed by atoms with Gasteiger partial charge in [-0.25, -0.2) is 0 Å². The minimum Gasteiger partial charge on any atom is -0.493 e. The molecule has 0 fully saturated rings. The molecule has 0 aliphatic carbocycles. The third-order valence-corrected chi connectivity index (χ3v) is 7.59. The zero-order chi connectivity index (χ0) is 30.8. The molecular formula is C34H34ClF3N2O3. The molecule has 0 radical (unpaired) electrons. The van der Waals surface area contributed by atoms with E-state index in [1.807, 2.05) is 42.5 Å². The summed E-state index contributed by atoms with van der Waals surface area (Å²) in [6, 6.07) is 31.3. The normalized spacial score (nSPS) is 11.6. The number of carboxylic acids is 1. The van der Waals surface area contributed by atoms with Crippen molar-refractivity contribution in [2.45, 2.75) is 25.1 Å². The fourth-order valence-corrected chi connectivity index (χ4v) is 5.30. The molecule has 0 bridgehead atoms. The van der Waals surface area contributed by atoms with E-state index >= 15 is 0 Å². The van der Waals surface area contributed by atoms with Crippen molar-refractivity contribution < 1.29 is 27.8 Å². The molecule has 5 nitrogen and oxygen atoms in total. The molecule has 0 atom stereocenters. The molecule has 226 valence electrons. The Bertz CT molecular complexity index is 1430. The number of aliphatic carboxylic acids is 1. The van der Waals surface area contributed by atoms with E-state index in [9.17, 15) is 18.0 Å². The summed E-state index contributed by atoms with van der Waals surface area (Å²) in [5.41, 5.74) is 2.49. The number of hydrogen-bond donors (Lipinski definition) is 1. The van der Waals surface area contributed by atoms with Crippen LogP contribution in [0.4, 0.5) is 18.9 Å². The molecule has 0 unspecified atom stereocenters. The van der Waals surface area contributed by atoms with Gasteiger partial charge in [0.2, 0.25) is 0 Å². The summed E-state index contributed by atoms with van der Waals surface area (Å²) >= 11 is 6.31. The van der Waals surface area contributed by atoms with E-state index < -0.39 is 17.7 Å². The predicted octanol–water partition coefficient (Wildman–Crippen LogP) is 7.98. The summed E-state index contributed by atoms with van der Waals surface area (Å²) in [4.78, 5) is 14.8. The van der Waals surface area contributed by atoms with Gasteiger partial charge in [0, 0.05) is 44.4 Å². The van der Waals surface area contributed by atoms with Gasteiger partial charge in [0.15, 0.2) is 0 Å². The summed E-state index contributed by atoms with van der Waals surface area (Å²) in [5.74, 6) is -0.345. The Morgan fingerprint density at radius 2 is 1.53 bits per heavy atom. The average Bonchev–Trinajstić information content (AvgIpc) is 2.99. The molecule has 4 aromatic rings. The first-order valence-electron chi connectivity index (χ1n) is 13.9. The number of nitrogens with zero attached hydrogens (tertiary/aromatic N) is 2. The van der Waals surface area contributed by atoms with Crippen LogP contribution in [-0.2, 0) is 17.5 Å². The van der Waals surface area contributed by atoms with Crippen LogP contribution in [0.2, 0.25) is 5.02 Å². The minimum absolute atomic E-state index is 0.0191. The molecule has 0 aromatic heterocycles. The van der Waals surface area contributed by atoms with Crippen LogP contribution in [0.5, 0.6) is 5.75 Å². The van der Waals surface area contributed by atoms with Crippen LogP contribution in [-0.4, -0.2) is 49.3 Å². The fourth-order valence-electron chi connectivity index (χ4n) is 5.01. The first kappa shape index (κ1) is 31.9. The van der Waals surface area contributed by atoms with Crippen LogP contribution < -0.4 is 9.64 Å². The van der Waals surface area contributed by atoms with Gasteiger partial charge in [-0.05, 0) is 41.3 Å². The number of likely N-dealkylation sites (N-methyl/N-ethyl adjacent to an activating group) is 1. The van der Waals surface area contributed by atoms with E-state index in [0.29, 0.717) is 43.1 Å². The van der Waals surface area contributed by atoms with E-state index in [1.165, 1.54) is 6.07 Å². The topological polar surface area (TPSA) is 53.0 Å². The molecule has 9 heteroatoms. The maximum absolute atomic E-state index is 13.6. The Labute approximate surface area is 255 Å². The van der Waals surface area contributed by atoms with Crippen LogP contribution >= 0.6 is 11.6 Å². The van der Waals surface area contributed by atoms with Gasteiger partial charge in [-0.3, -0.25) is 9.69 Å². The molecule has 0 saturated carbocycles.